The standard InChI is InChI=1S/C13H21N3/c1-9-3-4-11(7-9)13-15-6-5-12(16-13)8-10(2)14/h5-6,9-11H,3-4,7-8,14H2,1-2H3. The van der Waals surface area contributed by atoms with Gasteiger partial charge < -0.3 is 5.73 Å². The molecule has 0 amide bonds. The van der Waals surface area contributed by atoms with E-state index in [0.29, 0.717) is 5.92 Å². The van der Waals surface area contributed by atoms with Crippen molar-refractivity contribution in [2.24, 2.45) is 11.7 Å². The second kappa shape index (κ2) is 4.91. The molecule has 1 aromatic heterocycles. The van der Waals surface area contributed by atoms with Crippen molar-refractivity contribution in [1.82, 2.24) is 9.97 Å². The molecule has 0 spiro atoms. The molecule has 0 aromatic carbocycles. The van der Waals surface area contributed by atoms with Crippen molar-refractivity contribution in [1.29, 1.82) is 0 Å². The second-order valence-electron chi connectivity index (χ2n) is 5.20. The van der Waals surface area contributed by atoms with Gasteiger partial charge in [0.15, 0.2) is 0 Å². The minimum atomic E-state index is 0.172. The third-order valence-corrected chi connectivity index (χ3v) is 3.32. The molecule has 1 aromatic rings. The molecule has 1 heterocycles. The molecule has 0 bridgehead atoms. The molecule has 88 valence electrons. The molecule has 2 N–H and O–H groups in total. The maximum absolute atomic E-state index is 5.79. The Morgan fingerprint density at radius 1 is 1.50 bits per heavy atom. The van der Waals surface area contributed by atoms with Crippen molar-refractivity contribution in [3.63, 3.8) is 0 Å². The molecule has 0 saturated heterocycles. The summed E-state index contributed by atoms with van der Waals surface area (Å²) in [5.41, 5.74) is 6.87. The lowest BCUT2D eigenvalue weighted by atomic mass is 10.1. The van der Waals surface area contributed by atoms with Gasteiger partial charge in [0.2, 0.25) is 0 Å². The Hall–Kier alpha value is -0.960. The molecule has 0 aliphatic heterocycles. The van der Waals surface area contributed by atoms with Gasteiger partial charge >= 0.3 is 0 Å². The quantitative estimate of drug-likeness (QED) is 0.848. The summed E-state index contributed by atoms with van der Waals surface area (Å²) in [6.07, 6.45) is 6.51. The van der Waals surface area contributed by atoms with E-state index in [2.05, 4.69) is 16.9 Å². The monoisotopic (exact) mass is 219 g/mol. The molecule has 3 heteroatoms. The Kier molecular flexibility index (Phi) is 3.54. The van der Waals surface area contributed by atoms with Gasteiger partial charge in [0.1, 0.15) is 5.82 Å². The minimum Gasteiger partial charge on any atom is -0.328 e. The Bertz CT molecular complexity index is 349. The van der Waals surface area contributed by atoms with E-state index in [1.54, 1.807) is 0 Å². The molecule has 3 nitrogen and oxygen atoms in total. The zero-order valence-electron chi connectivity index (χ0n) is 10.2. The van der Waals surface area contributed by atoms with Crippen LogP contribution < -0.4 is 5.73 Å². The number of hydrogen-bond acceptors (Lipinski definition) is 3. The van der Waals surface area contributed by atoms with Gasteiger partial charge in [-0.15, -0.1) is 0 Å². The number of aromatic nitrogens is 2. The lowest BCUT2D eigenvalue weighted by molar-refractivity contribution is 0.582. The van der Waals surface area contributed by atoms with Crippen molar-refractivity contribution in [2.75, 3.05) is 0 Å². The zero-order valence-corrected chi connectivity index (χ0v) is 10.2. The van der Waals surface area contributed by atoms with E-state index >= 15 is 0 Å². The first-order valence-corrected chi connectivity index (χ1v) is 6.22. The average Bonchev–Trinajstić information content (AvgIpc) is 2.64. The summed E-state index contributed by atoms with van der Waals surface area (Å²) in [6.45, 7) is 4.32. The number of hydrogen-bond donors (Lipinski definition) is 1. The minimum absolute atomic E-state index is 0.172. The van der Waals surface area contributed by atoms with Crippen LogP contribution in [0.15, 0.2) is 12.3 Å². The largest absolute Gasteiger partial charge is 0.328 e. The molecular formula is C13H21N3. The van der Waals surface area contributed by atoms with Crippen LogP contribution in [0.5, 0.6) is 0 Å². The fourth-order valence-corrected chi connectivity index (χ4v) is 2.49. The average molecular weight is 219 g/mol. The van der Waals surface area contributed by atoms with Crippen LogP contribution in [0.25, 0.3) is 0 Å². The topological polar surface area (TPSA) is 51.8 Å². The summed E-state index contributed by atoms with van der Waals surface area (Å²) in [5, 5.41) is 0. The highest BCUT2D eigenvalue weighted by Gasteiger charge is 2.24. The second-order valence-corrected chi connectivity index (χ2v) is 5.20. The van der Waals surface area contributed by atoms with Crippen molar-refractivity contribution in [2.45, 2.75) is 51.5 Å². The van der Waals surface area contributed by atoms with E-state index in [4.69, 9.17) is 5.73 Å². The first kappa shape index (κ1) is 11.5. The molecular weight excluding hydrogens is 198 g/mol. The van der Waals surface area contributed by atoms with E-state index < -0.39 is 0 Å². The van der Waals surface area contributed by atoms with E-state index in [1.165, 1.54) is 19.3 Å². The molecule has 3 unspecified atom stereocenters. The van der Waals surface area contributed by atoms with Gasteiger partial charge in [-0.1, -0.05) is 6.92 Å². The Balaban J connectivity index is 2.09. The predicted molar refractivity (Wildman–Crippen MR) is 65.1 cm³/mol. The molecule has 1 fully saturated rings. The summed E-state index contributed by atoms with van der Waals surface area (Å²) < 4.78 is 0. The van der Waals surface area contributed by atoms with Gasteiger partial charge in [-0.3, -0.25) is 0 Å². The van der Waals surface area contributed by atoms with Gasteiger partial charge in [-0.25, -0.2) is 9.97 Å². The van der Waals surface area contributed by atoms with Crippen LogP contribution in [-0.2, 0) is 6.42 Å². The van der Waals surface area contributed by atoms with Gasteiger partial charge in [0.05, 0.1) is 0 Å². The number of nitrogens with two attached hydrogens (primary N) is 1. The molecule has 2 rings (SSSR count). The van der Waals surface area contributed by atoms with Crippen molar-refractivity contribution >= 4 is 0 Å². The van der Waals surface area contributed by atoms with Gasteiger partial charge in [-0.2, -0.15) is 0 Å². The smallest absolute Gasteiger partial charge is 0.131 e. The molecule has 1 saturated carbocycles. The van der Waals surface area contributed by atoms with E-state index in [1.807, 2.05) is 19.2 Å². The molecule has 3 atom stereocenters. The van der Waals surface area contributed by atoms with Crippen molar-refractivity contribution in [3.05, 3.63) is 23.8 Å². The van der Waals surface area contributed by atoms with Crippen molar-refractivity contribution < 1.29 is 0 Å². The Labute approximate surface area is 97.5 Å². The maximum Gasteiger partial charge on any atom is 0.131 e. The van der Waals surface area contributed by atoms with Crippen LogP contribution in [-0.4, -0.2) is 16.0 Å². The molecule has 16 heavy (non-hydrogen) atoms. The van der Waals surface area contributed by atoms with Crippen LogP contribution >= 0.6 is 0 Å². The van der Waals surface area contributed by atoms with Crippen LogP contribution in [0.3, 0.4) is 0 Å². The molecule has 0 radical (unpaired) electrons. The van der Waals surface area contributed by atoms with E-state index in [0.717, 1.165) is 23.9 Å². The third kappa shape index (κ3) is 2.79. The summed E-state index contributed by atoms with van der Waals surface area (Å²) in [6, 6.07) is 2.15. The number of nitrogens with zero attached hydrogens (tertiary/aromatic N) is 2. The maximum atomic E-state index is 5.79. The van der Waals surface area contributed by atoms with Crippen LogP contribution in [0.2, 0.25) is 0 Å². The van der Waals surface area contributed by atoms with Crippen LogP contribution in [0.4, 0.5) is 0 Å². The van der Waals surface area contributed by atoms with Gasteiger partial charge in [-0.05, 0) is 38.2 Å². The third-order valence-electron chi connectivity index (χ3n) is 3.32. The van der Waals surface area contributed by atoms with Gasteiger partial charge in [0.25, 0.3) is 0 Å². The van der Waals surface area contributed by atoms with Crippen molar-refractivity contribution in [3.8, 4) is 0 Å². The predicted octanol–water partition coefficient (Wildman–Crippen LogP) is 2.27. The van der Waals surface area contributed by atoms with E-state index in [-0.39, 0.29) is 6.04 Å². The fraction of sp³-hybridized carbons (Fsp3) is 0.692. The number of rotatable bonds is 3. The zero-order chi connectivity index (χ0) is 11.5. The molecule has 1 aliphatic rings. The van der Waals surface area contributed by atoms with E-state index in [9.17, 15) is 0 Å². The van der Waals surface area contributed by atoms with Gasteiger partial charge in [0, 0.05) is 30.3 Å². The summed E-state index contributed by atoms with van der Waals surface area (Å²) in [4.78, 5) is 9.05. The van der Waals surface area contributed by atoms with Crippen LogP contribution in [0.1, 0.15) is 50.5 Å². The first-order chi connectivity index (χ1) is 7.65. The fourth-order valence-electron chi connectivity index (χ4n) is 2.49. The SMILES string of the molecule is CC(N)Cc1ccnc(C2CCC(C)C2)n1. The summed E-state index contributed by atoms with van der Waals surface area (Å²) in [7, 11) is 0. The molecule has 1 aliphatic carbocycles. The van der Waals surface area contributed by atoms with Crippen LogP contribution in [0, 0.1) is 5.92 Å². The first-order valence-electron chi connectivity index (χ1n) is 6.22. The lowest BCUT2D eigenvalue weighted by Crippen LogP contribution is -2.19. The highest BCUT2D eigenvalue weighted by Crippen LogP contribution is 2.36. The highest BCUT2D eigenvalue weighted by atomic mass is 14.9. The summed E-state index contributed by atoms with van der Waals surface area (Å²) >= 11 is 0. The normalized spacial score (nSPS) is 26.9. The highest BCUT2D eigenvalue weighted by molar-refractivity contribution is 5.08. The summed E-state index contributed by atoms with van der Waals surface area (Å²) in [5.74, 6) is 2.43. The lowest BCUT2D eigenvalue weighted by Gasteiger charge is -2.10. The Morgan fingerprint density at radius 3 is 2.94 bits per heavy atom. The Morgan fingerprint density at radius 2 is 2.31 bits per heavy atom.